The van der Waals surface area contributed by atoms with Gasteiger partial charge in [-0.25, -0.2) is 0 Å². The molecule has 1 amide bonds. The maximum Gasteiger partial charge on any atom is 0.251 e. The summed E-state index contributed by atoms with van der Waals surface area (Å²) in [7, 11) is 0. The van der Waals surface area contributed by atoms with E-state index < -0.39 is 0 Å². The van der Waals surface area contributed by atoms with Crippen molar-refractivity contribution in [3.05, 3.63) is 68.8 Å². The highest BCUT2D eigenvalue weighted by Gasteiger charge is 2.05. The van der Waals surface area contributed by atoms with Crippen LogP contribution in [-0.2, 0) is 11.9 Å². The number of amides is 1. The highest BCUT2D eigenvalue weighted by molar-refractivity contribution is 14.1. The predicted octanol–water partition coefficient (Wildman–Crippen LogP) is 4.12. The second kappa shape index (κ2) is 7.05. The van der Waals surface area contributed by atoms with Crippen LogP contribution in [-0.4, -0.2) is 5.91 Å². The van der Waals surface area contributed by atoms with Crippen LogP contribution in [0.15, 0.2) is 48.5 Å². The van der Waals surface area contributed by atoms with Crippen LogP contribution in [0.2, 0.25) is 0 Å². The lowest BCUT2D eigenvalue weighted by atomic mass is 10.1. The van der Waals surface area contributed by atoms with Crippen LogP contribution in [0.4, 0.5) is 0 Å². The summed E-state index contributed by atoms with van der Waals surface area (Å²) in [6, 6.07) is 15.7. The van der Waals surface area contributed by atoms with Crippen molar-refractivity contribution < 1.29 is 4.79 Å². The van der Waals surface area contributed by atoms with E-state index in [1.54, 1.807) is 0 Å². The first-order valence-corrected chi connectivity index (χ1v) is 8.06. The first-order chi connectivity index (χ1) is 9.19. The van der Waals surface area contributed by atoms with Gasteiger partial charge in [0.05, 0.1) is 0 Å². The Morgan fingerprint density at radius 3 is 2.42 bits per heavy atom. The fourth-order valence-electron chi connectivity index (χ4n) is 1.66. The van der Waals surface area contributed by atoms with E-state index in [0.29, 0.717) is 12.1 Å². The predicted molar refractivity (Wildman–Crippen MR) is 89.4 cm³/mol. The molecule has 0 spiro atoms. The highest BCUT2D eigenvalue weighted by Crippen LogP contribution is 2.09. The lowest BCUT2D eigenvalue weighted by molar-refractivity contribution is 0.0951. The van der Waals surface area contributed by atoms with E-state index in [4.69, 9.17) is 0 Å². The minimum atomic E-state index is -0.0388. The number of carbonyl (C=O) groups is 1. The lowest BCUT2D eigenvalue weighted by Crippen LogP contribution is -2.22. The molecule has 0 atom stereocenters. The summed E-state index contributed by atoms with van der Waals surface area (Å²) >= 11 is 5.61. The molecule has 2 aromatic rings. The zero-order chi connectivity index (χ0) is 13.7. The molecule has 0 unspecified atom stereocenters. The molecule has 2 nitrogen and oxygen atoms in total. The van der Waals surface area contributed by atoms with E-state index in [-0.39, 0.29) is 5.91 Å². The fourth-order valence-corrected chi connectivity index (χ4v) is 2.58. The summed E-state index contributed by atoms with van der Waals surface area (Å²) in [5.41, 5.74) is 3.03. The quantitative estimate of drug-likeness (QED) is 0.575. The second-order valence-corrected chi connectivity index (χ2v) is 5.95. The molecule has 0 saturated carbocycles. The van der Waals surface area contributed by atoms with Crippen LogP contribution in [0, 0.1) is 3.57 Å². The molecule has 2 aromatic carbocycles. The third-order valence-electron chi connectivity index (χ3n) is 2.72. The van der Waals surface area contributed by atoms with Crippen molar-refractivity contribution in [1.82, 2.24) is 5.32 Å². The van der Waals surface area contributed by atoms with Crippen molar-refractivity contribution >= 4 is 44.4 Å². The largest absolute Gasteiger partial charge is 0.348 e. The molecule has 19 heavy (non-hydrogen) atoms. The molecule has 0 aliphatic carbocycles. The van der Waals surface area contributed by atoms with Crippen LogP contribution in [0.3, 0.4) is 0 Å². The van der Waals surface area contributed by atoms with Crippen molar-refractivity contribution in [3.8, 4) is 0 Å². The Hall–Kier alpha value is -0.880. The van der Waals surface area contributed by atoms with E-state index in [1.165, 1.54) is 5.56 Å². The van der Waals surface area contributed by atoms with Crippen molar-refractivity contribution in [1.29, 1.82) is 0 Å². The maximum atomic E-state index is 12.0. The first kappa shape index (κ1) is 14.5. The normalized spacial score (nSPS) is 10.2. The van der Waals surface area contributed by atoms with Crippen LogP contribution < -0.4 is 5.32 Å². The summed E-state index contributed by atoms with van der Waals surface area (Å²) < 4.78 is 1.06. The van der Waals surface area contributed by atoms with Gasteiger partial charge in [-0.2, -0.15) is 0 Å². The van der Waals surface area contributed by atoms with E-state index in [2.05, 4.69) is 56.0 Å². The molecular weight excluding hydrogens is 417 g/mol. The number of alkyl halides is 1. The number of halogens is 2. The van der Waals surface area contributed by atoms with Gasteiger partial charge >= 0.3 is 0 Å². The molecule has 0 saturated heterocycles. The molecule has 1 N–H and O–H groups in total. The van der Waals surface area contributed by atoms with Gasteiger partial charge in [-0.15, -0.1) is 0 Å². The second-order valence-electron chi connectivity index (χ2n) is 4.14. The van der Waals surface area contributed by atoms with Crippen molar-refractivity contribution in [2.45, 2.75) is 11.9 Å². The maximum absolute atomic E-state index is 12.0. The number of nitrogens with one attached hydrogen (secondary N) is 1. The van der Waals surface area contributed by atoms with E-state index in [1.807, 2.05) is 36.4 Å². The van der Waals surface area contributed by atoms with E-state index >= 15 is 0 Å². The number of benzene rings is 2. The topological polar surface area (TPSA) is 29.1 Å². The number of hydrogen-bond acceptors (Lipinski definition) is 1. The summed E-state index contributed by atoms with van der Waals surface area (Å²) in [6.07, 6.45) is 0. The van der Waals surface area contributed by atoms with Crippen LogP contribution >= 0.6 is 38.5 Å². The van der Waals surface area contributed by atoms with Gasteiger partial charge in [-0.1, -0.05) is 46.3 Å². The smallest absolute Gasteiger partial charge is 0.251 e. The Morgan fingerprint density at radius 1 is 1.11 bits per heavy atom. The minimum absolute atomic E-state index is 0.0388. The van der Waals surface area contributed by atoms with Crippen molar-refractivity contribution in [3.63, 3.8) is 0 Å². The third kappa shape index (κ3) is 4.31. The minimum Gasteiger partial charge on any atom is -0.348 e. The number of rotatable bonds is 4. The molecule has 2 rings (SSSR count). The van der Waals surface area contributed by atoms with Crippen LogP contribution in [0.5, 0.6) is 0 Å². The average Bonchev–Trinajstić information content (AvgIpc) is 2.45. The van der Waals surface area contributed by atoms with Gasteiger partial charge in [-0.3, -0.25) is 4.79 Å². The summed E-state index contributed by atoms with van der Waals surface area (Å²) in [4.78, 5) is 12.0. The molecule has 0 bridgehead atoms. The standard InChI is InChI=1S/C15H13BrINO/c16-9-11-4-6-12(7-5-11)10-18-15(19)13-2-1-3-14(17)8-13/h1-8H,9-10H2,(H,18,19). The zero-order valence-electron chi connectivity index (χ0n) is 10.2. The van der Waals surface area contributed by atoms with Crippen molar-refractivity contribution in [2.75, 3.05) is 0 Å². The SMILES string of the molecule is O=C(NCc1ccc(CBr)cc1)c1cccc(I)c1. The Balaban J connectivity index is 1.96. The summed E-state index contributed by atoms with van der Waals surface area (Å²) in [5.74, 6) is -0.0388. The molecule has 0 heterocycles. The zero-order valence-corrected chi connectivity index (χ0v) is 13.9. The van der Waals surface area contributed by atoms with Crippen molar-refractivity contribution in [2.24, 2.45) is 0 Å². The summed E-state index contributed by atoms with van der Waals surface area (Å²) in [5, 5.41) is 3.78. The van der Waals surface area contributed by atoms with Gasteiger partial charge in [0.25, 0.3) is 5.91 Å². The van der Waals surface area contributed by atoms with E-state index in [0.717, 1.165) is 14.5 Å². The monoisotopic (exact) mass is 429 g/mol. The van der Waals surface area contributed by atoms with Gasteiger partial charge in [0.15, 0.2) is 0 Å². The van der Waals surface area contributed by atoms with Gasteiger partial charge in [0, 0.05) is 21.0 Å². The van der Waals surface area contributed by atoms with Crippen LogP contribution in [0.1, 0.15) is 21.5 Å². The van der Waals surface area contributed by atoms with E-state index in [9.17, 15) is 4.79 Å². The average molecular weight is 430 g/mol. The van der Waals surface area contributed by atoms with Gasteiger partial charge in [-0.05, 0) is 51.9 Å². The van der Waals surface area contributed by atoms with Gasteiger partial charge < -0.3 is 5.32 Å². The number of carbonyl (C=O) groups excluding carboxylic acids is 1. The first-order valence-electron chi connectivity index (χ1n) is 5.86. The molecule has 0 fully saturated rings. The number of hydrogen-bond donors (Lipinski definition) is 1. The Bertz CT molecular complexity index is 569. The molecule has 4 heteroatoms. The molecule has 98 valence electrons. The Morgan fingerprint density at radius 2 is 1.79 bits per heavy atom. The van der Waals surface area contributed by atoms with Gasteiger partial charge in [0.2, 0.25) is 0 Å². The lowest BCUT2D eigenvalue weighted by Gasteiger charge is -2.06. The Kier molecular flexibility index (Phi) is 5.39. The molecule has 0 radical (unpaired) electrons. The molecule has 0 aliphatic heterocycles. The van der Waals surface area contributed by atoms with Gasteiger partial charge in [0.1, 0.15) is 0 Å². The fraction of sp³-hybridized carbons (Fsp3) is 0.133. The van der Waals surface area contributed by atoms with Crippen LogP contribution in [0.25, 0.3) is 0 Å². The molecule has 0 aromatic heterocycles. The Labute approximate surface area is 134 Å². The summed E-state index contributed by atoms with van der Waals surface area (Å²) in [6.45, 7) is 0.548. The molecular formula is C15H13BrINO. The highest BCUT2D eigenvalue weighted by atomic mass is 127. The third-order valence-corrected chi connectivity index (χ3v) is 4.04. The molecule has 0 aliphatic rings.